The standard InChI is InChI=1S/C13H12ClN7O/c14-10-3-1-9(2-4-10)13(22)16-8-7-15-11-5-6-12-17-19-20-21(12)18-11/h1-6H,7-8H2,(H,15,18)(H,16,22). The second-order valence-corrected chi connectivity index (χ2v) is 4.87. The highest BCUT2D eigenvalue weighted by Crippen LogP contribution is 2.09. The summed E-state index contributed by atoms with van der Waals surface area (Å²) in [6.07, 6.45) is 0. The van der Waals surface area contributed by atoms with Crippen molar-refractivity contribution in [1.29, 1.82) is 0 Å². The van der Waals surface area contributed by atoms with E-state index in [0.717, 1.165) is 0 Å². The van der Waals surface area contributed by atoms with Crippen molar-refractivity contribution in [3.8, 4) is 0 Å². The van der Waals surface area contributed by atoms with Gasteiger partial charge in [-0.3, -0.25) is 4.79 Å². The zero-order valence-electron chi connectivity index (χ0n) is 11.4. The maximum atomic E-state index is 11.9. The quantitative estimate of drug-likeness (QED) is 0.682. The van der Waals surface area contributed by atoms with Gasteiger partial charge < -0.3 is 10.6 Å². The number of halogens is 1. The van der Waals surface area contributed by atoms with Crippen LogP contribution in [0, 0.1) is 0 Å². The van der Waals surface area contributed by atoms with Gasteiger partial charge in [0, 0.05) is 23.7 Å². The molecule has 0 aliphatic rings. The fourth-order valence-corrected chi connectivity index (χ4v) is 1.94. The van der Waals surface area contributed by atoms with E-state index in [4.69, 9.17) is 11.6 Å². The van der Waals surface area contributed by atoms with E-state index in [-0.39, 0.29) is 5.91 Å². The highest BCUT2D eigenvalue weighted by Gasteiger charge is 2.04. The second kappa shape index (κ2) is 6.35. The molecule has 0 bridgehead atoms. The second-order valence-electron chi connectivity index (χ2n) is 4.43. The van der Waals surface area contributed by atoms with E-state index in [1.54, 1.807) is 36.4 Å². The summed E-state index contributed by atoms with van der Waals surface area (Å²) in [5.74, 6) is 0.475. The number of amides is 1. The zero-order chi connectivity index (χ0) is 15.4. The minimum atomic E-state index is -0.151. The average Bonchev–Trinajstić information content (AvgIpc) is 2.99. The summed E-state index contributed by atoms with van der Waals surface area (Å²) < 4.78 is 1.33. The molecule has 8 nitrogen and oxygen atoms in total. The van der Waals surface area contributed by atoms with E-state index in [0.29, 0.717) is 35.1 Å². The lowest BCUT2D eigenvalue weighted by Crippen LogP contribution is -2.28. The van der Waals surface area contributed by atoms with Crippen molar-refractivity contribution in [2.75, 3.05) is 18.4 Å². The minimum Gasteiger partial charge on any atom is -0.367 e. The first-order chi connectivity index (χ1) is 10.7. The molecule has 3 aromatic rings. The molecule has 1 amide bonds. The van der Waals surface area contributed by atoms with E-state index in [1.807, 2.05) is 0 Å². The normalized spacial score (nSPS) is 10.6. The van der Waals surface area contributed by atoms with Crippen LogP contribution < -0.4 is 10.6 Å². The van der Waals surface area contributed by atoms with Gasteiger partial charge in [0.05, 0.1) is 0 Å². The Morgan fingerprint density at radius 1 is 1.14 bits per heavy atom. The van der Waals surface area contributed by atoms with Gasteiger partial charge in [-0.05, 0) is 46.8 Å². The molecule has 1 aromatic carbocycles. The third-order valence-electron chi connectivity index (χ3n) is 2.89. The molecule has 112 valence electrons. The first kappa shape index (κ1) is 14.2. The Balaban J connectivity index is 1.48. The summed E-state index contributed by atoms with van der Waals surface area (Å²) in [6, 6.07) is 10.2. The van der Waals surface area contributed by atoms with E-state index >= 15 is 0 Å². The number of fused-ring (bicyclic) bond motifs is 1. The molecule has 0 spiro atoms. The van der Waals surface area contributed by atoms with Gasteiger partial charge in [0.2, 0.25) is 0 Å². The van der Waals surface area contributed by atoms with Crippen molar-refractivity contribution in [1.82, 2.24) is 30.6 Å². The number of tetrazole rings is 1. The molecule has 2 N–H and O–H groups in total. The Bertz CT molecular complexity index is 786. The summed E-state index contributed by atoms with van der Waals surface area (Å²) in [6.45, 7) is 0.983. The molecule has 0 aliphatic carbocycles. The Morgan fingerprint density at radius 2 is 1.95 bits per heavy atom. The van der Waals surface area contributed by atoms with Crippen LogP contribution in [0.3, 0.4) is 0 Å². The van der Waals surface area contributed by atoms with Gasteiger partial charge >= 0.3 is 0 Å². The molecule has 22 heavy (non-hydrogen) atoms. The third-order valence-corrected chi connectivity index (χ3v) is 3.14. The molecule has 2 aromatic heterocycles. The molecular formula is C13H12ClN7O. The van der Waals surface area contributed by atoms with Gasteiger partial charge in [0.1, 0.15) is 5.82 Å². The van der Waals surface area contributed by atoms with Crippen LogP contribution in [0.2, 0.25) is 5.02 Å². The van der Waals surface area contributed by atoms with Crippen LogP contribution in [0.5, 0.6) is 0 Å². The maximum absolute atomic E-state index is 11.9. The molecule has 2 heterocycles. The highest BCUT2D eigenvalue weighted by molar-refractivity contribution is 6.30. The fraction of sp³-hybridized carbons (Fsp3) is 0.154. The monoisotopic (exact) mass is 317 g/mol. The van der Waals surface area contributed by atoms with Crippen molar-refractivity contribution >= 4 is 29.0 Å². The molecule has 0 saturated heterocycles. The molecular weight excluding hydrogens is 306 g/mol. The average molecular weight is 318 g/mol. The highest BCUT2D eigenvalue weighted by atomic mass is 35.5. The van der Waals surface area contributed by atoms with Gasteiger partial charge in [-0.2, -0.15) is 0 Å². The van der Waals surface area contributed by atoms with Gasteiger partial charge in [-0.1, -0.05) is 11.6 Å². The lowest BCUT2D eigenvalue weighted by atomic mass is 10.2. The SMILES string of the molecule is O=C(NCCNc1ccc2nnnn2n1)c1ccc(Cl)cc1. The first-order valence-corrected chi connectivity index (χ1v) is 6.93. The number of nitrogens with one attached hydrogen (secondary N) is 2. The molecule has 0 aliphatic heterocycles. The number of nitrogens with zero attached hydrogens (tertiary/aromatic N) is 5. The van der Waals surface area contributed by atoms with Crippen LogP contribution in [0.15, 0.2) is 36.4 Å². The topological polar surface area (TPSA) is 97.1 Å². The third kappa shape index (κ3) is 3.29. The fourth-order valence-electron chi connectivity index (χ4n) is 1.81. The van der Waals surface area contributed by atoms with Crippen LogP contribution in [0.4, 0.5) is 5.82 Å². The zero-order valence-corrected chi connectivity index (χ0v) is 12.2. The van der Waals surface area contributed by atoms with E-state index < -0.39 is 0 Å². The van der Waals surface area contributed by atoms with E-state index in [2.05, 4.69) is 31.3 Å². The van der Waals surface area contributed by atoms with Crippen molar-refractivity contribution in [2.45, 2.75) is 0 Å². The Hall–Kier alpha value is -2.74. The summed E-state index contributed by atoms with van der Waals surface area (Å²) >= 11 is 5.78. The van der Waals surface area contributed by atoms with Gasteiger partial charge in [-0.25, -0.2) is 0 Å². The van der Waals surface area contributed by atoms with Crippen molar-refractivity contribution in [2.24, 2.45) is 0 Å². The number of aromatic nitrogens is 5. The summed E-state index contributed by atoms with van der Waals surface area (Å²) in [7, 11) is 0. The number of benzene rings is 1. The predicted molar refractivity (Wildman–Crippen MR) is 80.9 cm³/mol. The lowest BCUT2D eigenvalue weighted by Gasteiger charge is -2.07. The van der Waals surface area contributed by atoms with Crippen molar-refractivity contribution < 1.29 is 4.79 Å². The number of anilines is 1. The lowest BCUT2D eigenvalue weighted by molar-refractivity contribution is 0.0955. The van der Waals surface area contributed by atoms with E-state index in [1.165, 1.54) is 4.63 Å². The summed E-state index contributed by atoms with van der Waals surface area (Å²) in [5, 5.41) is 21.6. The molecule has 0 fully saturated rings. The largest absolute Gasteiger partial charge is 0.367 e. The summed E-state index contributed by atoms with van der Waals surface area (Å²) in [4.78, 5) is 11.9. The van der Waals surface area contributed by atoms with Crippen molar-refractivity contribution in [3.05, 3.63) is 47.0 Å². The predicted octanol–water partition coefficient (Wildman–Crippen LogP) is 1.01. The number of carbonyl (C=O) groups excluding carboxylic acids is 1. The van der Waals surface area contributed by atoms with Gasteiger partial charge in [0.15, 0.2) is 5.65 Å². The first-order valence-electron chi connectivity index (χ1n) is 6.55. The van der Waals surface area contributed by atoms with Crippen LogP contribution in [0.1, 0.15) is 10.4 Å². The van der Waals surface area contributed by atoms with Crippen LogP contribution in [-0.2, 0) is 0 Å². The molecule has 0 unspecified atom stereocenters. The van der Waals surface area contributed by atoms with E-state index in [9.17, 15) is 4.79 Å². The Morgan fingerprint density at radius 3 is 2.77 bits per heavy atom. The maximum Gasteiger partial charge on any atom is 0.251 e. The molecule has 3 rings (SSSR count). The minimum absolute atomic E-state index is 0.151. The van der Waals surface area contributed by atoms with Crippen LogP contribution in [0.25, 0.3) is 5.65 Å². The van der Waals surface area contributed by atoms with Gasteiger partial charge in [0.25, 0.3) is 5.91 Å². The van der Waals surface area contributed by atoms with Gasteiger partial charge in [-0.15, -0.1) is 14.8 Å². The molecule has 0 saturated carbocycles. The molecule has 9 heteroatoms. The molecule has 0 atom stereocenters. The summed E-state index contributed by atoms with van der Waals surface area (Å²) in [5.41, 5.74) is 1.14. The Kier molecular flexibility index (Phi) is 4.10. The van der Waals surface area contributed by atoms with Crippen LogP contribution in [-0.4, -0.2) is 44.3 Å². The number of hydrogen-bond donors (Lipinski definition) is 2. The number of hydrogen-bond acceptors (Lipinski definition) is 6. The number of carbonyl (C=O) groups is 1. The van der Waals surface area contributed by atoms with Crippen LogP contribution >= 0.6 is 11.6 Å². The smallest absolute Gasteiger partial charge is 0.251 e. The van der Waals surface area contributed by atoms with Crippen molar-refractivity contribution in [3.63, 3.8) is 0 Å². The number of rotatable bonds is 5. The Labute approximate surface area is 130 Å². The molecule has 0 radical (unpaired) electrons.